The number of rotatable bonds is 3. The van der Waals surface area contributed by atoms with Crippen molar-refractivity contribution >= 4 is 24.8 Å². The molecular formula is C13H22Cl2N2O2. The van der Waals surface area contributed by atoms with Crippen molar-refractivity contribution in [1.82, 2.24) is 5.32 Å². The Bertz CT molecular complexity index is 369. The standard InChI is InChI=1S/C13H20N2O2.2ClH/c1-16-10-5-9(6-11(7-10)17-2)12-3-4-15-8-13(12)14;;/h5-7,12-13,15H,3-4,8,14H2,1-2H3;2*1H. The van der Waals surface area contributed by atoms with Crippen LogP contribution in [0.1, 0.15) is 17.9 Å². The molecule has 2 unspecified atom stereocenters. The molecule has 0 spiro atoms. The van der Waals surface area contributed by atoms with Gasteiger partial charge < -0.3 is 20.5 Å². The molecular weight excluding hydrogens is 287 g/mol. The predicted molar refractivity (Wildman–Crippen MR) is 82.2 cm³/mol. The van der Waals surface area contributed by atoms with Gasteiger partial charge in [-0.2, -0.15) is 0 Å². The molecule has 6 heteroatoms. The third-order valence-electron chi connectivity index (χ3n) is 3.33. The topological polar surface area (TPSA) is 56.5 Å². The van der Waals surface area contributed by atoms with Crippen LogP contribution in [0.5, 0.6) is 11.5 Å². The highest BCUT2D eigenvalue weighted by atomic mass is 35.5. The quantitative estimate of drug-likeness (QED) is 0.896. The molecule has 0 aliphatic carbocycles. The maximum Gasteiger partial charge on any atom is 0.122 e. The van der Waals surface area contributed by atoms with E-state index in [9.17, 15) is 0 Å². The second-order valence-corrected chi connectivity index (χ2v) is 4.41. The summed E-state index contributed by atoms with van der Waals surface area (Å²) in [5.74, 6) is 2.02. The van der Waals surface area contributed by atoms with Crippen molar-refractivity contribution in [1.29, 1.82) is 0 Å². The van der Waals surface area contributed by atoms with Gasteiger partial charge in [-0.25, -0.2) is 0 Å². The Labute approximate surface area is 126 Å². The van der Waals surface area contributed by atoms with Crippen LogP contribution in [0.2, 0.25) is 0 Å². The zero-order chi connectivity index (χ0) is 12.3. The molecule has 0 saturated carbocycles. The smallest absolute Gasteiger partial charge is 0.122 e. The Balaban J connectivity index is 0.00000162. The number of nitrogens with two attached hydrogens (primary N) is 1. The van der Waals surface area contributed by atoms with Gasteiger partial charge in [0, 0.05) is 24.6 Å². The molecule has 110 valence electrons. The Hall–Kier alpha value is -0.680. The lowest BCUT2D eigenvalue weighted by atomic mass is 9.86. The maximum absolute atomic E-state index is 6.15. The highest BCUT2D eigenvalue weighted by Gasteiger charge is 2.24. The summed E-state index contributed by atoms with van der Waals surface area (Å²) in [5, 5.41) is 3.30. The van der Waals surface area contributed by atoms with E-state index in [0.717, 1.165) is 31.0 Å². The van der Waals surface area contributed by atoms with Crippen LogP contribution in [0.25, 0.3) is 0 Å². The van der Waals surface area contributed by atoms with E-state index in [4.69, 9.17) is 15.2 Å². The van der Waals surface area contributed by atoms with Crippen molar-refractivity contribution in [3.63, 3.8) is 0 Å². The number of benzene rings is 1. The molecule has 2 atom stereocenters. The summed E-state index contributed by atoms with van der Waals surface area (Å²) in [6, 6.07) is 6.15. The third-order valence-corrected chi connectivity index (χ3v) is 3.33. The zero-order valence-corrected chi connectivity index (χ0v) is 12.9. The molecule has 4 nitrogen and oxygen atoms in total. The molecule has 2 rings (SSSR count). The average molecular weight is 309 g/mol. The maximum atomic E-state index is 6.15. The van der Waals surface area contributed by atoms with Crippen LogP contribution < -0.4 is 20.5 Å². The first kappa shape index (κ1) is 18.3. The van der Waals surface area contributed by atoms with E-state index in [1.54, 1.807) is 14.2 Å². The Kier molecular flexibility index (Phi) is 8.18. The van der Waals surface area contributed by atoms with Gasteiger partial charge in [0.2, 0.25) is 0 Å². The predicted octanol–water partition coefficient (Wildman–Crippen LogP) is 1.95. The molecule has 1 heterocycles. The largest absolute Gasteiger partial charge is 0.497 e. The summed E-state index contributed by atoms with van der Waals surface area (Å²) < 4.78 is 10.6. The van der Waals surface area contributed by atoms with Crippen LogP contribution >= 0.6 is 24.8 Å². The molecule has 0 amide bonds. The molecule has 0 aromatic heterocycles. The summed E-state index contributed by atoms with van der Waals surface area (Å²) in [4.78, 5) is 0. The zero-order valence-electron chi connectivity index (χ0n) is 11.2. The van der Waals surface area contributed by atoms with Crippen molar-refractivity contribution in [2.24, 2.45) is 5.73 Å². The molecule has 0 radical (unpaired) electrons. The summed E-state index contributed by atoms with van der Waals surface area (Å²) in [7, 11) is 3.34. The Morgan fingerprint density at radius 2 is 1.68 bits per heavy atom. The highest BCUT2D eigenvalue weighted by molar-refractivity contribution is 5.85. The fraction of sp³-hybridized carbons (Fsp3) is 0.538. The Morgan fingerprint density at radius 3 is 2.16 bits per heavy atom. The normalized spacial score (nSPS) is 21.8. The first-order chi connectivity index (χ1) is 8.24. The van der Waals surface area contributed by atoms with Crippen LogP contribution in [0.15, 0.2) is 18.2 Å². The van der Waals surface area contributed by atoms with E-state index in [0.29, 0.717) is 5.92 Å². The van der Waals surface area contributed by atoms with Gasteiger partial charge in [0.1, 0.15) is 11.5 Å². The highest BCUT2D eigenvalue weighted by Crippen LogP contribution is 2.31. The van der Waals surface area contributed by atoms with Crippen molar-refractivity contribution in [3.8, 4) is 11.5 Å². The lowest BCUT2D eigenvalue weighted by Crippen LogP contribution is -2.44. The SMILES string of the molecule is COc1cc(OC)cc(C2CCNCC2N)c1.Cl.Cl. The first-order valence-corrected chi connectivity index (χ1v) is 5.94. The van der Waals surface area contributed by atoms with E-state index in [2.05, 4.69) is 17.4 Å². The molecule has 1 aliphatic rings. The van der Waals surface area contributed by atoms with Gasteiger partial charge in [0.25, 0.3) is 0 Å². The lowest BCUT2D eigenvalue weighted by molar-refractivity contribution is 0.381. The van der Waals surface area contributed by atoms with E-state index < -0.39 is 0 Å². The molecule has 1 fully saturated rings. The summed E-state index contributed by atoms with van der Waals surface area (Å²) in [6.07, 6.45) is 1.05. The minimum Gasteiger partial charge on any atom is -0.497 e. The van der Waals surface area contributed by atoms with Gasteiger partial charge in [0.15, 0.2) is 0 Å². The number of methoxy groups -OCH3 is 2. The van der Waals surface area contributed by atoms with Crippen LogP contribution in [0, 0.1) is 0 Å². The average Bonchev–Trinajstić information content (AvgIpc) is 2.38. The van der Waals surface area contributed by atoms with Crippen LogP contribution in [-0.4, -0.2) is 33.4 Å². The number of hydrogen-bond acceptors (Lipinski definition) is 4. The number of halogens is 2. The fourth-order valence-corrected chi connectivity index (χ4v) is 2.34. The molecule has 1 saturated heterocycles. The second kappa shape index (κ2) is 8.48. The molecule has 1 aromatic rings. The van der Waals surface area contributed by atoms with Gasteiger partial charge in [-0.05, 0) is 30.7 Å². The van der Waals surface area contributed by atoms with Gasteiger partial charge in [-0.15, -0.1) is 24.8 Å². The molecule has 19 heavy (non-hydrogen) atoms. The van der Waals surface area contributed by atoms with Crippen molar-refractivity contribution in [3.05, 3.63) is 23.8 Å². The second-order valence-electron chi connectivity index (χ2n) is 4.41. The van der Waals surface area contributed by atoms with E-state index in [1.807, 2.05) is 6.07 Å². The van der Waals surface area contributed by atoms with Crippen LogP contribution in [0.3, 0.4) is 0 Å². The third kappa shape index (κ3) is 4.42. The number of ether oxygens (including phenoxy) is 2. The van der Waals surface area contributed by atoms with Gasteiger partial charge in [-0.1, -0.05) is 0 Å². The van der Waals surface area contributed by atoms with E-state index >= 15 is 0 Å². The van der Waals surface area contributed by atoms with E-state index in [1.165, 1.54) is 5.56 Å². The summed E-state index contributed by atoms with van der Waals surface area (Å²) in [5.41, 5.74) is 7.35. The van der Waals surface area contributed by atoms with Crippen molar-refractivity contribution in [2.45, 2.75) is 18.4 Å². The lowest BCUT2D eigenvalue weighted by Gasteiger charge is -2.30. The van der Waals surface area contributed by atoms with Crippen LogP contribution in [0.4, 0.5) is 0 Å². The molecule has 3 N–H and O–H groups in total. The number of nitrogens with one attached hydrogen (secondary N) is 1. The molecule has 1 aliphatic heterocycles. The Morgan fingerprint density at radius 1 is 1.11 bits per heavy atom. The van der Waals surface area contributed by atoms with Crippen molar-refractivity contribution in [2.75, 3.05) is 27.3 Å². The fourth-order valence-electron chi connectivity index (χ4n) is 2.34. The van der Waals surface area contributed by atoms with Gasteiger partial charge in [0.05, 0.1) is 14.2 Å². The summed E-state index contributed by atoms with van der Waals surface area (Å²) in [6.45, 7) is 1.88. The molecule has 0 bridgehead atoms. The van der Waals surface area contributed by atoms with Gasteiger partial charge >= 0.3 is 0 Å². The van der Waals surface area contributed by atoms with E-state index in [-0.39, 0.29) is 30.9 Å². The summed E-state index contributed by atoms with van der Waals surface area (Å²) >= 11 is 0. The van der Waals surface area contributed by atoms with Crippen molar-refractivity contribution < 1.29 is 9.47 Å². The minimum atomic E-state index is 0. The number of hydrogen-bond donors (Lipinski definition) is 2. The number of piperidine rings is 1. The first-order valence-electron chi connectivity index (χ1n) is 5.94. The molecule has 1 aromatic carbocycles. The monoisotopic (exact) mass is 308 g/mol. The van der Waals surface area contributed by atoms with Crippen LogP contribution in [-0.2, 0) is 0 Å². The minimum absolute atomic E-state index is 0. The van der Waals surface area contributed by atoms with Gasteiger partial charge in [-0.3, -0.25) is 0 Å².